The second kappa shape index (κ2) is 3.99. The molecule has 2 aromatic heterocycles. The van der Waals surface area contributed by atoms with Gasteiger partial charge in [-0.05, 0) is 25.3 Å². The molecule has 5 heteroatoms. The van der Waals surface area contributed by atoms with Gasteiger partial charge in [-0.25, -0.2) is 9.97 Å². The first-order valence-electron chi connectivity index (χ1n) is 5.04. The molecule has 0 bridgehead atoms. The number of halogens is 2. The minimum Gasteiger partial charge on any atom is -0.232 e. The molecule has 0 spiro atoms. The molecule has 0 unspecified atom stereocenters. The number of hydrogen-bond donors (Lipinski definition) is 0. The first-order valence-corrected chi connectivity index (χ1v) is 6.67. The van der Waals surface area contributed by atoms with Crippen LogP contribution in [0.4, 0.5) is 0 Å². The molecule has 2 heterocycles. The third kappa shape index (κ3) is 1.73. The van der Waals surface area contributed by atoms with Crippen molar-refractivity contribution in [3.63, 3.8) is 0 Å². The van der Waals surface area contributed by atoms with Crippen LogP contribution in [0, 0.1) is 0 Å². The van der Waals surface area contributed by atoms with Crippen molar-refractivity contribution in [1.29, 1.82) is 0 Å². The van der Waals surface area contributed by atoms with E-state index >= 15 is 0 Å². The van der Waals surface area contributed by atoms with E-state index in [0.29, 0.717) is 11.0 Å². The van der Waals surface area contributed by atoms with Gasteiger partial charge in [0.2, 0.25) is 0 Å². The highest BCUT2D eigenvalue weighted by Gasteiger charge is 2.19. The van der Waals surface area contributed by atoms with E-state index in [1.54, 1.807) is 11.3 Å². The number of rotatable bonds is 1. The molecular formula is C11H8Cl2N2S. The van der Waals surface area contributed by atoms with E-state index in [9.17, 15) is 0 Å². The number of hydrogen-bond acceptors (Lipinski definition) is 3. The predicted molar refractivity (Wildman–Crippen MR) is 67.4 cm³/mol. The van der Waals surface area contributed by atoms with Crippen molar-refractivity contribution in [2.45, 2.75) is 19.3 Å². The molecule has 2 nitrogen and oxygen atoms in total. The monoisotopic (exact) mass is 270 g/mol. The van der Waals surface area contributed by atoms with Gasteiger partial charge in [0.15, 0.2) is 5.82 Å². The van der Waals surface area contributed by atoms with E-state index in [0.717, 1.165) is 40.4 Å². The topological polar surface area (TPSA) is 25.8 Å². The molecule has 3 rings (SSSR count). The second-order valence-corrected chi connectivity index (χ2v) is 5.45. The summed E-state index contributed by atoms with van der Waals surface area (Å²) in [5.74, 6) is 0.697. The maximum absolute atomic E-state index is 6.15. The summed E-state index contributed by atoms with van der Waals surface area (Å²) < 4.78 is 0. The van der Waals surface area contributed by atoms with Gasteiger partial charge in [-0.15, -0.1) is 11.3 Å². The number of nitrogens with zero attached hydrogens (tertiary/aromatic N) is 2. The van der Waals surface area contributed by atoms with Crippen molar-refractivity contribution in [3.8, 4) is 10.7 Å². The van der Waals surface area contributed by atoms with Gasteiger partial charge in [0.1, 0.15) is 5.15 Å². The van der Waals surface area contributed by atoms with E-state index < -0.39 is 0 Å². The predicted octanol–water partition coefficient (Wildman–Crippen LogP) is 4.00. The summed E-state index contributed by atoms with van der Waals surface area (Å²) in [4.78, 5) is 9.86. The minimum absolute atomic E-state index is 0.599. The summed E-state index contributed by atoms with van der Waals surface area (Å²) in [6, 6.07) is 1.87. The molecule has 0 saturated heterocycles. The van der Waals surface area contributed by atoms with E-state index in [-0.39, 0.29) is 0 Å². The average molecular weight is 271 g/mol. The van der Waals surface area contributed by atoms with E-state index in [2.05, 4.69) is 9.97 Å². The Morgan fingerprint density at radius 1 is 1.19 bits per heavy atom. The van der Waals surface area contributed by atoms with Gasteiger partial charge in [0, 0.05) is 16.6 Å². The first kappa shape index (κ1) is 10.5. The molecule has 0 fully saturated rings. The number of thiophene rings is 1. The van der Waals surface area contributed by atoms with Crippen molar-refractivity contribution >= 4 is 34.5 Å². The normalized spacial score (nSPS) is 14.1. The first-order chi connectivity index (χ1) is 7.74. The molecule has 0 aromatic carbocycles. The van der Waals surface area contributed by atoms with Crippen LogP contribution in [0.5, 0.6) is 0 Å². The fraction of sp³-hybridized carbons (Fsp3) is 0.273. The fourth-order valence-corrected chi connectivity index (χ4v) is 3.22. The van der Waals surface area contributed by atoms with Crippen molar-refractivity contribution in [3.05, 3.63) is 32.9 Å². The van der Waals surface area contributed by atoms with Crippen LogP contribution in [0.1, 0.15) is 17.7 Å². The van der Waals surface area contributed by atoms with Crippen molar-refractivity contribution in [2.75, 3.05) is 0 Å². The Morgan fingerprint density at radius 2 is 2.06 bits per heavy atom. The van der Waals surface area contributed by atoms with Gasteiger partial charge < -0.3 is 0 Å². The Balaban J connectivity index is 2.12. The van der Waals surface area contributed by atoms with Crippen LogP contribution in [0.25, 0.3) is 10.7 Å². The van der Waals surface area contributed by atoms with Crippen LogP contribution >= 0.6 is 34.5 Å². The molecule has 0 saturated carbocycles. The molecule has 0 radical (unpaired) electrons. The number of aryl methyl sites for hydroxylation is 1. The van der Waals surface area contributed by atoms with E-state index in [4.69, 9.17) is 23.2 Å². The summed E-state index contributed by atoms with van der Waals surface area (Å²) in [6.07, 6.45) is 3.13. The summed E-state index contributed by atoms with van der Waals surface area (Å²) in [5.41, 5.74) is 2.22. The van der Waals surface area contributed by atoms with Gasteiger partial charge in [-0.3, -0.25) is 0 Å². The quantitative estimate of drug-likeness (QED) is 0.732. The Kier molecular flexibility index (Phi) is 2.62. The molecule has 1 aliphatic carbocycles. The van der Waals surface area contributed by atoms with Crippen LogP contribution in [0.3, 0.4) is 0 Å². The van der Waals surface area contributed by atoms with E-state index in [1.807, 2.05) is 11.4 Å². The number of fused-ring (bicyclic) bond motifs is 1. The number of aromatic nitrogens is 2. The molecule has 0 N–H and O–H groups in total. The molecule has 0 amide bonds. The van der Waals surface area contributed by atoms with Crippen LogP contribution in [-0.2, 0) is 12.8 Å². The average Bonchev–Trinajstić information content (AvgIpc) is 2.85. The Hall–Kier alpha value is -0.640. The SMILES string of the molecule is Clc1csc(-c2nc(Cl)c3c(n2)CCC3)c1. The summed E-state index contributed by atoms with van der Waals surface area (Å²) >= 11 is 13.6. The largest absolute Gasteiger partial charge is 0.232 e. The zero-order chi connectivity index (χ0) is 11.1. The Labute approximate surface area is 107 Å². The molecule has 0 atom stereocenters. The lowest BCUT2D eigenvalue weighted by Gasteiger charge is -2.03. The van der Waals surface area contributed by atoms with Crippen molar-refractivity contribution in [1.82, 2.24) is 9.97 Å². The van der Waals surface area contributed by atoms with Crippen LogP contribution in [0.2, 0.25) is 10.2 Å². The standard InChI is InChI=1S/C11H8Cl2N2S/c12-6-4-9(16-5-6)11-14-8-3-1-2-7(8)10(13)15-11/h4-5H,1-3H2. The summed E-state index contributed by atoms with van der Waals surface area (Å²) in [6.45, 7) is 0. The molecule has 0 aliphatic heterocycles. The highest BCUT2D eigenvalue weighted by Crippen LogP contribution is 2.32. The smallest absolute Gasteiger partial charge is 0.171 e. The van der Waals surface area contributed by atoms with Gasteiger partial charge >= 0.3 is 0 Å². The Morgan fingerprint density at radius 3 is 2.81 bits per heavy atom. The Bertz CT molecular complexity index is 551. The summed E-state index contributed by atoms with van der Waals surface area (Å²) in [7, 11) is 0. The molecule has 1 aliphatic rings. The zero-order valence-electron chi connectivity index (χ0n) is 8.33. The van der Waals surface area contributed by atoms with Gasteiger partial charge in [0.25, 0.3) is 0 Å². The fourth-order valence-electron chi connectivity index (χ4n) is 1.93. The lowest BCUT2D eigenvalue weighted by atomic mass is 10.2. The van der Waals surface area contributed by atoms with Gasteiger partial charge in [-0.1, -0.05) is 23.2 Å². The summed E-state index contributed by atoms with van der Waals surface area (Å²) in [5, 5.41) is 3.20. The van der Waals surface area contributed by atoms with Crippen LogP contribution < -0.4 is 0 Å². The molecular weight excluding hydrogens is 263 g/mol. The highest BCUT2D eigenvalue weighted by molar-refractivity contribution is 7.14. The molecule has 16 heavy (non-hydrogen) atoms. The van der Waals surface area contributed by atoms with E-state index in [1.165, 1.54) is 0 Å². The highest BCUT2D eigenvalue weighted by atomic mass is 35.5. The van der Waals surface area contributed by atoms with Gasteiger partial charge in [-0.2, -0.15) is 0 Å². The maximum Gasteiger partial charge on any atom is 0.171 e. The lowest BCUT2D eigenvalue weighted by Crippen LogP contribution is -1.96. The maximum atomic E-state index is 6.15. The lowest BCUT2D eigenvalue weighted by molar-refractivity contribution is 0.900. The van der Waals surface area contributed by atoms with Crippen LogP contribution in [-0.4, -0.2) is 9.97 Å². The van der Waals surface area contributed by atoms with Crippen molar-refractivity contribution in [2.24, 2.45) is 0 Å². The molecule has 2 aromatic rings. The third-order valence-corrected chi connectivity index (χ3v) is 4.26. The minimum atomic E-state index is 0.599. The zero-order valence-corrected chi connectivity index (χ0v) is 10.7. The van der Waals surface area contributed by atoms with Gasteiger partial charge in [0.05, 0.1) is 9.90 Å². The third-order valence-electron chi connectivity index (χ3n) is 2.67. The molecule has 82 valence electrons. The second-order valence-electron chi connectivity index (χ2n) is 3.75. The van der Waals surface area contributed by atoms with Crippen LogP contribution in [0.15, 0.2) is 11.4 Å². The van der Waals surface area contributed by atoms with Crippen molar-refractivity contribution < 1.29 is 0 Å².